The molecule has 0 atom stereocenters. The first-order valence-corrected chi connectivity index (χ1v) is 8.34. The SMILES string of the molecule is CC(C)N(CCCBr)c1nccc2cc3c(cc12)OCO3. The molecular weight excluding hydrogens is 332 g/mol. The van der Waals surface area contributed by atoms with Crippen LogP contribution in [0, 0.1) is 0 Å². The molecule has 0 saturated heterocycles. The van der Waals surface area contributed by atoms with E-state index in [-0.39, 0.29) is 0 Å². The molecule has 0 fully saturated rings. The van der Waals surface area contributed by atoms with E-state index in [0.29, 0.717) is 12.8 Å². The monoisotopic (exact) mass is 350 g/mol. The first-order chi connectivity index (χ1) is 10.2. The average Bonchev–Trinajstić information content (AvgIpc) is 2.92. The third-order valence-electron chi connectivity index (χ3n) is 3.66. The van der Waals surface area contributed by atoms with E-state index in [1.165, 1.54) is 0 Å². The number of ether oxygens (including phenoxy) is 2. The summed E-state index contributed by atoms with van der Waals surface area (Å²) in [6.07, 6.45) is 2.95. The highest BCUT2D eigenvalue weighted by Crippen LogP contribution is 2.38. The van der Waals surface area contributed by atoms with Gasteiger partial charge in [0.15, 0.2) is 11.5 Å². The van der Waals surface area contributed by atoms with Crippen molar-refractivity contribution in [3.05, 3.63) is 24.4 Å². The van der Waals surface area contributed by atoms with E-state index in [4.69, 9.17) is 9.47 Å². The highest BCUT2D eigenvalue weighted by molar-refractivity contribution is 9.09. The Hall–Kier alpha value is -1.49. The second-order valence-corrected chi connectivity index (χ2v) is 6.18. The van der Waals surface area contributed by atoms with Crippen LogP contribution in [0.5, 0.6) is 11.5 Å². The molecule has 0 bridgehead atoms. The molecule has 0 N–H and O–H groups in total. The van der Waals surface area contributed by atoms with Gasteiger partial charge in [-0.15, -0.1) is 0 Å². The normalized spacial score (nSPS) is 13.1. The van der Waals surface area contributed by atoms with Gasteiger partial charge in [-0.25, -0.2) is 4.98 Å². The number of rotatable bonds is 5. The molecule has 1 aliphatic heterocycles. The Morgan fingerprint density at radius 2 is 2.05 bits per heavy atom. The molecule has 21 heavy (non-hydrogen) atoms. The highest BCUT2D eigenvalue weighted by atomic mass is 79.9. The van der Waals surface area contributed by atoms with Crippen molar-refractivity contribution < 1.29 is 9.47 Å². The van der Waals surface area contributed by atoms with Gasteiger partial charge in [-0.05, 0) is 43.9 Å². The number of hydrogen-bond donors (Lipinski definition) is 0. The van der Waals surface area contributed by atoms with E-state index in [2.05, 4.69) is 39.7 Å². The standard InChI is InChI=1S/C16H19BrN2O2/c1-11(2)19(7-3-5-17)16-13-9-15-14(20-10-21-15)8-12(13)4-6-18-16/h4,6,8-9,11H,3,5,7,10H2,1-2H3. The molecule has 2 aromatic rings. The topological polar surface area (TPSA) is 34.6 Å². The second kappa shape index (κ2) is 6.10. The lowest BCUT2D eigenvalue weighted by atomic mass is 10.1. The predicted octanol–water partition coefficient (Wildman–Crippen LogP) is 3.96. The summed E-state index contributed by atoms with van der Waals surface area (Å²) in [6, 6.07) is 6.49. The molecule has 0 radical (unpaired) electrons. The van der Waals surface area contributed by atoms with Crippen LogP contribution in [0.4, 0.5) is 5.82 Å². The van der Waals surface area contributed by atoms with Crippen molar-refractivity contribution in [1.29, 1.82) is 0 Å². The first-order valence-electron chi connectivity index (χ1n) is 7.21. The van der Waals surface area contributed by atoms with Crippen molar-refractivity contribution in [2.24, 2.45) is 0 Å². The van der Waals surface area contributed by atoms with Crippen LogP contribution in [0.15, 0.2) is 24.4 Å². The van der Waals surface area contributed by atoms with Gasteiger partial charge in [0.1, 0.15) is 5.82 Å². The lowest BCUT2D eigenvalue weighted by Gasteiger charge is -2.28. The van der Waals surface area contributed by atoms with Crippen LogP contribution in [0.3, 0.4) is 0 Å². The molecule has 3 rings (SSSR count). The van der Waals surface area contributed by atoms with Crippen LogP contribution in [0.25, 0.3) is 10.8 Å². The van der Waals surface area contributed by atoms with Crippen molar-refractivity contribution in [2.75, 3.05) is 23.6 Å². The van der Waals surface area contributed by atoms with Crippen molar-refractivity contribution in [3.8, 4) is 11.5 Å². The molecule has 1 aliphatic rings. The Bertz CT molecular complexity index is 645. The van der Waals surface area contributed by atoms with E-state index in [1.807, 2.05) is 24.4 Å². The van der Waals surface area contributed by atoms with Gasteiger partial charge in [-0.1, -0.05) is 15.9 Å². The quantitative estimate of drug-likeness (QED) is 0.764. The maximum Gasteiger partial charge on any atom is 0.231 e. The Kier molecular flexibility index (Phi) is 4.19. The zero-order valence-corrected chi connectivity index (χ0v) is 13.9. The van der Waals surface area contributed by atoms with Crippen LogP contribution < -0.4 is 14.4 Å². The third-order valence-corrected chi connectivity index (χ3v) is 4.23. The zero-order chi connectivity index (χ0) is 14.8. The molecule has 0 spiro atoms. The Morgan fingerprint density at radius 1 is 1.29 bits per heavy atom. The largest absolute Gasteiger partial charge is 0.454 e. The minimum atomic E-state index is 0.298. The fourth-order valence-electron chi connectivity index (χ4n) is 2.61. The summed E-state index contributed by atoms with van der Waals surface area (Å²) < 4.78 is 11.0. The van der Waals surface area contributed by atoms with Gasteiger partial charge in [-0.2, -0.15) is 0 Å². The number of benzene rings is 1. The molecule has 0 amide bonds. The van der Waals surface area contributed by atoms with Crippen molar-refractivity contribution in [2.45, 2.75) is 26.3 Å². The number of aromatic nitrogens is 1. The summed E-state index contributed by atoms with van der Waals surface area (Å²) >= 11 is 3.51. The summed E-state index contributed by atoms with van der Waals surface area (Å²) in [5, 5.41) is 3.24. The van der Waals surface area contributed by atoms with Crippen molar-refractivity contribution in [1.82, 2.24) is 4.98 Å². The number of alkyl halides is 1. The van der Waals surface area contributed by atoms with E-state index >= 15 is 0 Å². The summed E-state index contributed by atoms with van der Waals surface area (Å²) in [6.45, 7) is 5.67. The second-order valence-electron chi connectivity index (χ2n) is 5.39. The maximum atomic E-state index is 5.51. The van der Waals surface area contributed by atoms with Gasteiger partial charge in [0, 0.05) is 29.5 Å². The molecule has 1 aromatic carbocycles. The maximum absolute atomic E-state index is 5.51. The summed E-state index contributed by atoms with van der Waals surface area (Å²) in [5.74, 6) is 2.64. The molecule has 5 heteroatoms. The van der Waals surface area contributed by atoms with Crippen LogP contribution in [0.1, 0.15) is 20.3 Å². The van der Waals surface area contributed by atoms with Crippen LogP contribution >= 0.6 is 15.9 Å². The number of pyridine rings is 1. The molecule has 112 valence electrons. The van der Waals surface area contributed by atoms with E-state index in [1.54, 1.807) is 0 Å². The highest BCUT2D eigenvalue weighted by Gasteiger charge is 2.19. The summed E-state index contributed by atoms with van der Waals surface area (Å²) in [5.41, 5.74) is 0. The van der Waals surface area contributed by atoms with Crippen molar-refractivity contribution >= 4 is 32.5 Å². The van der Waals surface area contributed by atoms with Crippen LogP contribution in [-0.2, 0) is 0 Å². The number of anilines is 1. The van der Waals surface area contributed by atoms with Crippen LogP contribution in [-0.4, -0.2) is 29.7 Å². The number of fused-ring (bicyclic) bond motifs is 2. The Balaban J connectivity index is 2.08. The van der Waals surface area contributed by atoms with E-state index in [9.17, 15) is 0 Å². The van der Waals surface area contributed by atoms with E-state index < -0.39 is 0 Å². The Morgan fingerprint density at radius 3 is 2.76 bits per heavy atom. The molecule has 0 unspecified atom stereocenters. The van der Waals surface area contributed by atoms with E-state index in [0.717, 1.165) is 46.4 Å². The Labute approximate surface area is 133 Å². The first kappa shape index (κ1) is 14.4. The average molecular weight is 351 g/mol. The molecule has 0 aliphatic carbocycles. The van der Waals surface area contributed by atoms with Gasteiger partial charge >= 0.3 is 0 Å². The number of nitrogens with zero attached hydrogens (tertiary/aromatic N) is 2. The fraction of sp³-hybridized carbons (Fsp3) is 0.438. The third kappa shape index (κ3) is 2.79. The minimum absolute atomic E-state index is 0.298. The molecule has 0 saturated carbocycles. The lowest BCUT2D eigenvalue weighted by Crippen LogP contribution is -2.32. The predicted molar refractivity (Wildman–Crippen MR) is 88.8 cm³/mol. The van der Waals surface area contributed by atoms with Crippen LogP contribution in [0.2, 0.25) is 0 Å². The molecule has 1 aromatic heterocycles. The molecular formula is C16H19BrN2O2. The molecule has 2 heterocycles. The van der Waals surface area contributed by atoms with Gasteiger partial charge in [0.2, 0.25) is 6.79 Å². The fourth-order valence-corrected chi connectivity index (χ4v) is 2.87. The minimum Gasteiger partial charge on any atom is -0.454 e. The number of halogens is 1. The van der Waals surface area contributed by atoms with Gasteiger partial charge < -0.3 is 14.4 Å². The lowest BCUT2D eigenvalue weighted by molar-refractivity contribution is 0.174. The van der Waals surface area contributed by atoms with Gasteiger partial charge in [0.25, 0.3) is 0 Å². The van der Waals surface area contributed by atoms with Crippen molar-refractivity contribution in [3.63, 3.8) is 0 Å². The summed E-state index contributed by atoms with van der Waals surface area (Å²) in [4.78, 5) is 6.96. The smallest absolute Gasteiger partial charge is 0.231 e. The summed E-state index contributed by atoms with van der Waals surface area (Å²) in [7, 11) is 0. The van der Waals surface area contributed by atoms with Gasteiger partial charge in [0.05, 0.1) is 0 Å². The number of hydrogen-bond acceptors (Lipinski definition) is 4. The zero-order valence-electron chi connectivity index (χ0n) is 12.3. The van der Waals surface area contributed by atoms with Gasteiger partial charge in [-0.3, -0.25) is 0 Å². The molecule has 4 nitrogen and oxygen atoms in total.